The Hall–Kier alpha value is -1.61. The minimum Gasteiger partial charge on any atom is -0.478 e. The topological polar surface area (TPSA) is 110 Å². The first-order valence-corrected chi connectivity index (χ1v) is 7.89. The Bertz CT molecular complexity index is 628. The second kappa shape index (κ2) is 6.71. The lowest BCUT2D eigenvalue weighted by atomic mass is 10.2. The maximum atomic E-state index is 11.8. The van der Waals surface area contributed by atoms with Gasteiger partial charge in [-0.05, 0) is 35.0 Å². The summed E-state index contributed by atoms with van der Waals surface area (Å²) in [6, 6.07) is 4.18. The van der Waals surface area contributed by atoms with E-state index in [2.05, 4.69) is 25.4 Å². The SMILES string of the molecule is CCOC(=O)CS(=O)(=O)Nc1c(Br)cccc1C(=O)O. The zero-order chi connectivity index (χ0) is 15.3. The van der Waals surface area contributed by atoms with Gasteiger partial charge in [0.2, 0.25) is 10.0 Å². The number of nitrogens with one attached hydrogen (secondary N) is 1. The van der Waals surface area contributed by atoms with Crippen molar-refractivity contribution in [2.75, 3.05) is 17.1 Å². The van der Waals surface area contributed by atoms with Crippen LogP contribution in [0.5, 0.6) is 0 Å². The van der Waals surface area contributed by atoms with Crippen molar-refractivity contribution < 1.29 is 27.9 Å². The molecule has 0 fully saturated rings. The molecule has 0 saturated heterocycles. The summed E-state index contributed by atoms with van der Waals surface area (Å²) < 4.78 is 30.4. The van der Waals surface area contributed by atoms with E-state index >= 15 is 0 Å². The summed E-state index contributed by atoms with van der Waals surface area (Å²) in [6.45, 7) is 1.61. The van der Waals surface area contributed by atoms with Gasteiger partial charge in [-0.15, -0.1) is 0 Å². The van der Waals surface area contributed by atoms with E-state index in [1.807, 2.05) is 0 Å². The fourth-order valence-electron chi connectivity index (χ4n) is 1.36. The van der Waals surface area contributed by atoms with Crippen LogP contribution in [0, 0.1) is 0 Å². The van der Waals surface area contributed by atoms with E-state index in [4.69, 9.17) is 5.11 Å². The van der Waals surface area contributed by atoms with Gasteiger partial charge >= 0.3 is 11.9 Å². The van der Waals surface area contributed by atoms with Gasteiger partial charge in [0.15, 0.2) is 5.75 Å². The van der Waals surface area contributed by atoms with Gasteiger partial charge in [0.25, 0.3) is 0 Å². The minimum atomic E-state index is -4.05. The van der Waals surface area contributed by atoms with Gasteiger partial charge in [0, 0.05) is 4.47 Å². The van der Waals surface area contributed by atoms with Crippen LogP contribution >= 0.6 is 15.9 Å². The highest BCUT2D eigenvalue weighted by molar-refractivity contribution is 9.10. The van der Waals surface area contributed by atoms with Crippen LogP contribution in [0.15, 0.2) is 22.7 Å². The van der Waals surface area contributed by atoms with E-state index in [1.165, 1.54) is 18.2 Å². The van der Waals surface area contributed by atoms with Crippen molar-refractivity contribution in [2.45, 2.75) is 6.92 Å². The predicted molar refractivity (Wildman–Crippen MR) is 75.1 cm³/mol. The number of aromatic carboxylic acids is 1. The Balaban J connectivity index is 3.04. The molecule has 20 heavy (non-hydrogen) atoms. The van der Waals surface area contributed by atoms with Crippen molar-refractivity contribution >= 4 is 43.6 Å². The molecular formula is C11H12BrNO6S. The summed E-state index contributed by atoms with van der Waals surface area (Å²) >= 11 is 3.06. The summed E-state index contributed by atoms with van der Waals surface area (Å²) in [5, 5.41) is 9.01. The molecule has 0 spiro atoms. The molecule has 0 saturated carbocycles. The zero-order valence-corrected chi connectivity index (χ0v) is 12.8. The van der Waals surface area contributed by atoms with Crippen molar-refractivity contribution in [3.63, 3.8) is 0 Å². The van der Waals surface area contributed by atoms with E-state index in [9.17, 15) is 18.0 Å². The lowest BCUT2D eigenvalue weighted by Gasteiger charge is -2.11. The second-order valence-corrected chi connectivity index (χ2v) is 6.21. The number of rotatable bonds is 6. The first-order valence-electron chi connectivity index (χ1n) is 5.44. The summed E-state index contributed by atoms with van der Waals surface area (Å²) in [7, 11) is -4.05. The number of hydrogen-bond acceptors (Lipinski definition) is 5. The Morgan fingerprint density at radius 1 is 1.40 bits per heavy atom. The van der Waals surface area contributed by atoms with Crippen LogP contribution in [0.4, 0.5) is 5.69 Å². The molecule has 110 valence electrons. The average molecular weight is 366 g/mol. The number of carbonyl (C=O) groups excluding carboxylic acids is 1. The van der Waals surface area contributed by atoms with Gasteiger partial charge < -0.3 is 9.84 Å². The molecule has 7 nitrogen and oxygen atoms in total. The fourth-order valence-corrected chi connectivity index (χ4v) is 2.95. The van der Waals surface area contributed by atoms with Crippen LogP contribution in [-0.4, -0.2) is 37.8 Å². The van der Waals surface area contributed by atoms with Crippen LogP contribution in [0.25, 0.3) is 0 Å². The normalized spacial score (nSPS) is 10.9. The third-order valence-corrected chi connectivity index (χ3v) is 3.91. The van der Waals surface area contributed by atoms with Crippen LogP contribution in [0.2, 0.25) is 0 Å². The van der Waals surface area contributed by atoms with Crippen LogP contribution in [0.1, 0.15) is 17.3 Å². The molecule has 0 aliphatic rings. The standard InChI is InChI=1S/C11H12BrNO6S/c1-2-19-9(14)6-20(17,18)13-10-7(11(15)16)4-3-5-8(10)12/h3-5,13H,2,6H2,1H3,(H,15,16). The van der Waals surface area contributed by atoms with Gasteiger partial charge in [0.1, 0.15) is 0 Å². The van der Waals surface area contributed by atoms with Crippen molar-refractivity contribution in [1.82, 2.24) is 0 Å². The fraction of sp³-hybridized carbons (Fsp3) is 0.273. The van der Waals surface area contributed by atoms with Gasteiger partial charge in [-0.2, -0.15) is 0 Å². The van der Waals surface area contributed by atoms with Gasteiger partial charge in [-0.3, -0.25) is 9.52 Å². The number of carboxylic acids is 1. The molecule has 0 radical (unpaired) electrons. The summed E-state index contributed by atoms with van der Waals surface area (Å²) in [5.41, 5.74) is -0.365. The van der Waals surface area contributed by atoms with Gasteiger partial charge in [-0.1, -0.05) is 6.07 Å². The summed E-state index contributed by atoms with van der Waals surface area (Å²) in [5.74, 6) is -3.09. The molecule has 0 bridgehead atoms. The average Bonchev–Trinajstić information content (AvgIpc) is 2.30. The quantitative estimate of drug-likeness (QED) is 0.738. The molecule has 1 rings (SSSR count). The Morgan fingerprint density at radius 3 is 2.60 bits per heavy atom. The summed E-state index contributed by atoms with van der Waals surface area (Å²) in [4.78, 5) is 22.2. The lowest BCUT2D eigenvalue weighted by molar-refractivity contribution is -0.139. The van der Waals surface area contributed by atoms with Crippen LogP contribution in [0.3, 0.4) is 0 Å². The van der Waals surface area contributed by atoms with Crippen molar-refractivity contribution in [1.29, 1.82) is 0 Å². The molecule has 1 aromatic carbocycles. The van der Waals surface area contributed by atoms with E-state index in [0.29, 0.717) is 0 Å². The zero-order valence-electron chi connectivity index (χ0n) is 10.4. The van der Waals surface area contributed by atoms with Gasteiger partial charge in [-0.25, -0.2) is 13.2 Å². The minimum absolute atomic E-state index is 0.0593. The predicted octanol–water partition coefficient (Wildman–Crippen LogP) is 1.45. The van der Waals surface area contributed by atoms with Crippen molar-refractivity contribution in [2.24, 2.45) is 0 Å². The molecule has 0 amide bonds. The monoisotopic (exact) mass is 365 g/mol. The van der Waals surface area contributed by atoms with E-state index in [0.717, 1.165) is 0 Å². The number of para-hydroxylation sites is 1. The molecular weight excluding hydrogens is 354 g/mol. The number of halogens is 1. The molecule has 0 heterocycles. The Morgan fingerprint density at radius 2 is 2.05 bits per heavy atom. The molecule has 0 aliphatic carbocycles. The number of benzene rings is 1. The van der Waals surface area contributed by atoms with Gasteiger partial charge in [0.05, 0.1) is 17.9 Å². The molecule has 0 atom stereocenters. The van der Waals surface area contributed by atoms with E-state index in [-0.39, 0.29) is 22.3 Å². The first kappa shape index (κ1) is 16.4. The number of carboxylic acid groups (broad SMARTS) is 1. The maximum Gasteiger partial charge on any atom is 0.337 e. The lowest BCUT2D eigenvalue weighted by Crippen LogP contribution is -2.25. The second-order valence-electron chi connectivity index (χ2n) is 3.63. The molecule has 9 heteroatoms. The molecule has 0 aromatic heterocycles. The maximum absolute atomic E-state index is 11.8. The van der Waals surface area contributed by atoms with Crippen molar-refractivity contribution in [3.8, 4) is 0 Å². The molecule has 0 aliphatic heterocycles. The summed E-state index contributed by atoms with van der Waals surface area (Å²) in [6.07, 6.45) is 0. The largest absolute Gasteiger partial charge is 0.478 e. The number of ether oxygens (including phenoxy) is 1. The number of esters is 1. The smallest absolute Gasteiger partial charge is 0.337 e. The van der Waals surface area contributed by atoms with E-state index in [1.54, 1.807) is 6.92 Å². The number of sulfonamides is 1. The number of carbonyl (C=O) groups is 2. The molecule has 2 N–H and O–H groups in total. The molecule has 0 unspecified atom stereocenters. The Labute approximate surface area is 124 Å². The highest BCUT2D eigenvalue weighted by Crippen LogP contribution is 2.27. The third kappa shape index (κ3) is 4.49. The van der Waals surface area contributed by atoms with Crippen LogP contribution in [-0.2, 0) is 19.6 Å². The number of anilines is 1. The molecule has 1 aromatic rings. The first-order chi connectivity index (χ1) is 9.26. The number of hydrogen-bond donors (Lipinski definition) is 2. The van der Waals surface area contributed by atoms with E-state index < -0.39 is 27.7 Å². The highest BCUT2D eigenvalue weighted by atomic mass is 79.9. The Kier molecular flexibility index (Phi) is 5.52. The third-order valence-electron chi connectivity index (χ3n) is 2.11. The highest BCUT2D eigenvalue weighted by Gasteiger charge is 2.22. The van der Waals surface area contributed by atoms with Crippen LogP contribution < -0.4 is 4.72 Å². The van der Waals surface area contributed by atoms with Crippen molar-refractivity contribution in [3.05, 3.63) is 28.2 Å².